The highest BCUT2D eigenvalue weighted by Crippen LogP contribution is 2.01. The summed E-state index contributed by atoms with van der Waals surface area (Å²) in [6, 6.07) is 0.570. The molecule has 0 aliphatic carbocycles. The summed E-state index contributed by atoms with van der Waals surface area (Å²) < 4.78 is 2.39. The van der Waals surface area contributed by atoms with Gasteiger partial charge >= 0.3 is 0 Å². The number of nitrogens with one attached hydrogen (secondary N) is 3. The van der Waals surface area contributed by atoms with E-state index < -0.39 is 9.28 Å². The van der Waals surface area contributed by atoms with E-state index in [0.717, 1.165) is 13.0 Å². The number of rotatable bonds is 8. The minimum absolute atomic E-state index is 0.570. The molecule has 1 atom stereocenters. The zero-order valence-corrected chi connectivity index (χ0v) is 12.2. The lowest BCUT2D eigenvalue weighted by molar-refractivity contribution is 0.226. The average molecular weight is 232 g/mol. The van der Waals surface area contributed by atoms with Gasteiger partial charge in [0.15, 0.2) is 0 Å². The summed E-state index contributed by atoms with van der Waals surface area (Å²) in [7, 11) is 2.84. The fourth-order valence-corrected chi connectivity index (χ4v) is 3.26. The molecule has 0 aliphatic rings. The van der Waals surface area contributed by atoms with Crippen LogP contribution in [0, 0.1) is 5.92 Å². The fourth-order valence-electron chi connectivity index (χ4n) is 1.41. The zero-order chi connectivity index (χ0) is 11.8. The van der Waals surface area contributed by atoms with Gasteiger partial charge in [-0.2, -0.15) is 0 Å². The van der Waals surface area contributed by atoms with Crippen LogP contribution in [0.1, 0.15) is 34.1 Å². The predicted molar refractivity (Wildman–Crippen MR) is 69.7 cm³/mol. The maximum atomic E-state index is 3.54. The van der Waals surface area contributed by atoms with E-state index in [-0.39, 0.29) is 0 Å². The van der Waals surface area contributed by atoms with Crippen LogP contribution in [-0.2, 0) is 0 Å². The molecule has 0 spiro atoms. The maximum Gasteiger partial charge on any atom is 0.280 e. The van der Waals surface area contributed by atoms with Crippen LogP contribution in [0.3, 0.4) is 0 Å². The second kappa shape index (κ2) is 8.24. The molecule has 0 amide bonds. The topological polar surface area (TPSA) is 39.3 Å². The van der Waals surface area contributed by atoms with Crippen LogP contribution < -0.4 is 15.4 Å². The lowest BCUT2D eigenvalue weighted by Gasteiger charge is -2.35. The molecule has 15 heavy (non-hydrogen) atoms. The highest BCUT2D eigenvalue weighted by atomic mass is 28.3. The first-order valence-corrected chi connectivity index (χ1v) is 7.60. The van der Waals surface area contributed by atoms with Gasteiger partial charge in [0.25, 0.3) is 9.28 Å². The van der Waals surface area contributed by atoms with Gasteiger partial charge in [-0.1, -0.05) is 20.8 Å². The molecule has 5 heteroatoms. The molecule has 0 radical (unpaired) electrons. The Hall–Kier alpha value is 0.0569. The van der Waals surface area contributed by atoms with Gasteiger partial charge in [-0.05, 0) is 33.4 Å². The summed E-state index contributed by atoms with van der Waals surface area (Å²) in [4.78, 5) is 6.76. The van der Waals surface area contributed by atoms with E-state index in [2.05, 4.69) is 47.8 Å². The van der Waals surface area contributed by atoms with Crippen molar-refractivity contribution in [2.75, 3.05) is 20.6 Å². The van der Waals surface area contributed by atoms with E-state index in [1.54, 1.807) is 0 Å². The molecule has 92 valence electrons. The van der Waals surface area contributed by atoms with E-state index in [1.165, 1.54) is 0 Å². The van der Waals surface area contributed by atoms with Gasteiger partial charge < -0.3 is 9.96 Å². The molecule has 0 aromatic rings. The third kappa shape index (κ3) is 5.63. The first kappa shape index (κ1) is 15.1. The molecule has 4 nitrogen and oxygen atoms in total. The van der Waals surface area contributed by atoms with Crippen LogP contribution in [0.25, 0.3) is 0 Å². The molecule has 1 unspecified atom stereocenters. The van der Waals surface area contributed by atoms with E-state index in [9.17, 15) is 0 Å². The largest absolute Gasteiger partial charge is 0.318 e. The number of hydrogen-bond donors (Lipinski definition) is 3. The molecule has 3 N–H and O–H groups in total. The van der Waals surface area contributed by atoms with Crippen molar-refractivity contribution in [1.29, 1.82) is 0 Å². The summed E-state index contributed by atoms with van der Waals surface area (Å²) in [5.41, 5.74) is 3.54. The van der Waals surface area contributed by atoms with E-state index >= 15 is 0 Å². The van der Waals surface area contributed by atoms with Crippen LogP contribution in [0.2, 0.25) is 0 Å². The van der Waals surface area contributed by atoms with Gasteiger partial charge in [-0.25, -0.2) is 4.67 Å². The average Bonchev–Trinajstić information content (AvgIpc) is 2.22. The van der Waals surface area contributed by atoms with Gasteiger partial charge in [0.05, 0.1) is 0 Å². The third-order valence-electron chi connectivity index (χ3n) is 2.57. The Kier molecular flexibility index (Phi) is 8.27. The normalized spacial score (nSPS) is 14.2. The molecule has 0 saturated carbocycles. The Labute approximate surface area is 96.6 Å². The Balaban J connectivity index is 4.28. The van der Waals surface area contributed by atoms with Crippen molar-refractivity contribution in [3.63, 3.8) is 0 Å². The van der Waals surface area contributed by atoms with Crippen molar-refractivity contribution in [2.24, 2.45) is 5.92 Å². The molecule has 0 fully saturated rings. The van der Waals surface area contributed by atoms with Gasteiger partial charge in [0.2, 0.25) is 0 Å². The molecule has 0 heterocycles. The van der Waals surface area contributed by atoms with Crippen LogP contribution >= 0.6 is 0 Å². The minimum atomic E-state index is -1.22. The summed E-state index contributed by atoms with van der Waals surface area (Å²) in [5.74, 6) is 0.680. The number of nitrogens with zero attached hydrogens (tertiary/aromatic N) is 1. The number of hydrazine groups is 1. The fraction of sp³-hybridized carbons (Fsp3) is 1.00. The van der Waals surface area contributed by atoms with Crippen LogP contribution in [0.4, 0.5) is 0 Å². The Morgan fingerprint density at radius 3 is 2.00 bits per heavy atom. The smallest absolute Gasteiger partial charge is 0.280 e. The van der Waals surface area contributed by atoms with Gasteiger partial charge in [0, 0.05) is 12.6 Å². The highest BCUT2D eigenvalue weighted by Gasteiger charge is 2.21. The monoisotopic (exact) mass is 232 g/mol. The van der Waals surface area contributed by atoms with Gasteiger partial charge in [0.1, 0.15) is 0 Å². The zero-order valence-electron chi connectivity index (χ0n) is 11.1. The second-order valence-electron chi connectivity index (χ2n) is 4.40. The van der Waals surface area contributed by atoms with Crippen molar-refractivity contribution < 1.29 is 0 Å². The molecule has 0 aromatic carbocycles. The Morgan fingerprint density at radius 2 is 1.67 bits per heavy atom. The first-order chi connectivity index (χ1) is 7.06. The Morgan fingerprint density at radius 1 is 1.13 bits per heavy atom. The summed E-state index contributed by atoms with van der Waals surface area (Å²) in [6.45, 7) is 10.00. The van der Waals surface area contributed by atoms with Gasteiger partial charge in [-0.3, -0.25) is 5.43 Å². The van der Waals surface area contributed by atoms with Gasteiger partial charge in [-0.15, -0.1) is 0 Å². The molecule has 0 bridgehead atoms. The molecule has 0 aliphatic heterocycles. The van der Waals surface area contributed by atoms with Crippen molar-refractivity contribution >= 4 is 9.28 Å². The molecule has 0 saturated heterocycles. The second-order valence-corrected chi connectivity index (χ2v) is 6.92. The van der Waals surface area contributed by atoms with Crippen molar-refractivity contribution in [3.05, 3.63) is 0 Å². The Bertz CT molecular complexity index is 150. The molecular formula is C10H28N4Si. The SMILES string of the molecule is CCC(C)N(NCC(C)C)[SiH](NC)NC. The van der Waals surface area contributed by atoms with E-state index in [4.69, 9.17) is 0 Å². The lowest BCUT2D eigenvalue weighted by Crippen LogP contribution is -2.65. The predicted octanol–water partition coefficient (Wildman–Crippen LogP) is 0.404. The number of hydrogen-bond acceptors (Lipinski definition) is 4. The highest BCUT2D eigenvalue weighted by molar-refractivity contribution is 6.49. The molecule has 0 aromatic heterocycles. The molecular weight excluding hydrogens is 204 g/mol. The summed E-state index contributed by atoms with van der Waals surface area (Å²) in [6.07, 6.45) is 1.16. The van der Waals surface area contributed by atoms with E-state index in [1.807, 2.05) is 14.1 Å². The van der Waals surface area contributed by atoms with Crippen molar-refractivity contribution in [2.45, 2.75) is 40.2 Å². The quantitative estimate of drug-likeness (QED) is 0.419. The summed E-state index contributed by atoms with van der Waals surface area (Å²) >= 11 is 0. The van der Waals surface area contributed by atoms with Crippen LogP contribution in [0.15, 0.2) is 0 Å². The van der Waals surface area contributed by atoms with Crippen LogP contribution in [-0.4, -0.2) is 40.6 Å². The van der Waals surface area contributed by atoms with Crippen molar-refractivity contribution in [3.8, 4) is 0 Å². The summed E-state index contributed by atoms with van der Waals surface area (Å²) in [5, 5.41) is 0. The minimum Gasteiger partial charge on any atom is -0.318 e. The van der Waals surface area contributed by atoms with Crippen molar-refractivity contribution in [1.82, 2.24) is 20.1 Å². The standard InChI is InChI=1S/C10H28N4Si/c1-7-10(4)14(13-8-9(2)3)15(11-5)12-6/h9-13,15H,7-8H2,1-6H3. The lowest BCUT2D eigenvalue weighted by atomic mass is 10.2. The first-order valence-electron chi connectivity index (χ1n) is 5.93. The third-order valence-corrected chi connectivity index (χ3v) is 4.91. The molecule has 0 rings (SSSR count). The van der Waals surface area contributed by atoms with Crippen LogP contribution in [0.5, 0.6) is 0 Å². The maximum absolute atomic E-state index is 3.54. The van der Waals surface area contributed by atoms with E-state index in [0.29, 0.717) is 12.0 Å².